The molecular weight excluding hydrogens is 197 g/mol. The van der Waals surface area contributed by atoms with Gasteiger partial charge in [-0.25, -0.2) is 9.18 Å². The lowest BCUT2D eigenvalue weighted by Gasteiger charge is -2.00. The average molecular weight is 207 g/mol. The Hall–Kier alpha value is -1.84. The van der Waals surface area contributed by atoms with Gasteiger partial charge in [-0.3, -0.25) is 0 Å². The Labute approximate surface area is 85.9 Å². The Bertz CT molecular complexity index is 531. The van der Waals surface area contributed by atoms with Crippen molar-refractivity contribution in [2.24, 2.45) is 0 Å². The Kier molecular flexibility index (Phi) is 2.19. The van der Waals surface area contributed by atoms with Crippen molar-refractivity contribution in [3.05, 3.63) is 35.3 Å². The maximum absolute atomic E-state index is 13.7. The van der Waals surface area contributed by atoms with Gasteiger partial charge in [-0.1, -0.05) is 6.07 Å². The number of carbonyl (C=O) groups is 1. The zero-order valence-electron chi connectivity index (χ0n) is 8.43. The third-order valence-corrected chi connectivity index (χ3v) is 2.34. The molecule has 0 saturated heterocycles. The number of H-pyrrole nitrogens is 1. The van der Waals surface area contributed by atoms with E-state index in [2.05, 4.69) is 9.72 Å². The van der Waals surface area contributed by atoms with Gasteiger partial charge in [0.25, 0.3) is 0 Å². The highest BCUT2D eigenvalue weighted by atomic mass is 19.1. The van der Waals surface area contributed by atoms with E-state index in [1.807, 2.05) is 0 Å². The van der Waals surface area contributed by atoms with E-state index < -0.39 is 11.8 Å². The van der Waals surface area contributed by atoms with Gasteiger partial charge in [0.05, 0.1) is 18.1 Å². The van der Waals surface area contributed by atoms with E-state index in [-0.39, 0.29) is 5.56 Å². The molecular formula is C11H10FNO2. The highest BCUT2D eigenvalue weighted by Crippen LogP contribution is 2.24. The van der Waals surface area contributed by atoms with Crippen molar-refractivity contribution in [1.82, 2.24) is 4.98 Å². The Balaban J connectivity index is 2.80. The molecule has 0 aliphatic rings. The molecule has 1 aromatic carbocycles. The van der Waals surface area contributed by atoms with Crippen LogP contribution >= 0.6 is 0 Å². The Morgan fingerprint density at radius 2 is 2.20 bits per heavy atom. The van der Waals surface area contributed by atoms with E-state index in [1.165, 1.54) is 7.11 Å². The summed E-state index contributed by atoms with van der Waals surface area (Å²) in [5.41, 5.74) is 1.27. The van der Waals surface area contributed by atoms with Crippen molar-refractivity contribution in [3.8, 4) is 0 Å². The number of ether oxygens (including phenoxy) is 1. The lowest BCUT2D eigenvalue weighted by atomic mass is 10.1. The number of benzene rings is 1. The minimum atomic E-state index is -0.529. The summed E-state index contributed by atoms with van der Waals surface area (Å²) < 4.78 is 18.3. The first-order valence-corrected chi connectivity index (χ1v) is 4.50. The first-order valence-electron chi connectivity index (χ1n) is 4.50. The molecule has 0 aliphatic heterocycles. The van der Waals surface area contributed by atoms with Crippen LogP contribution in [0.3, 0.4) is 0 Å². The quantitative estimate of drug-likeness (QED) is 0.729. The normalized spacial score (nSPS) is 10.6. The van der Waals surface area contributed by atoms with E-state index in [4.69, 9.17) is 0 Å². The van der Waals surface area contributed by atoms with Crippen LogP contribution in [0.15, 0.2) is 18.2 Å². The molecule has 0 aliphatic carbocycles. The van der Waals surface area contributed by atoms with Gasteiger partial charge in [-0.2, -0.15) is 0 Å². The van der Waals surface area contributed by atoms with Crippen LogP contribution in [0.5, 0.6) is 0 Å². The second-order valence-corrected chi connectivity index (χ2v) is 3.28. The summed E-state index contributed by atoms with van der Waals surface area (Å²) in [7, 11) is 1.28. The third-order valence-electron chi connectivity index (χ3n) is 2.34. The largest absolute Gasteiger partial charge is 0.465 e. The maximum Gasteiger partial charge on any atom is 0.338 e. The number of aryl methyl sites for hydroxylation is 1. The second kappa shape index (κ2) is 3.38. The number of nitrogens with one attached hydrogen (secondary N) is 1. The Morgan fingerprint density at radius 1 is 1.47 bits per heavy atom. The summed E-state index contributed by atoms with van der Waals surface area (Å²) in [5.74, 6) is -0.926. The van der Waals surface area contributed by atoms with Gasteiger partial charge in [-0.05, 0) is 19.1 Å². The topological polar surface area (TPSA) is 42.1 Å². The number of fused-ring (bicyclic) bond motifs is 1. The van der Waals surface area contributed by atoms with Gasteiger partial charge >= 0.3 is 5.97 Å². The lowest BCUT2D eigenvalue weighted by Crippen LogP contribution is -2.01. The summed E-state index contributed by atoms with van der Waals surface area (Å²) in [6.07, 6.45) is 0. The van der Waals surface area contributed by atoms with E-state index in [0.29, 0.717) is 16.6 Å². The predicted octanol–water partition coefficient (Wildman–Crippen LogP) is 2.40. The van der Waals surface area contributed by atoms with Crippen LogP contribution in [0, 0.1) is 12.7 Å². The summed E-state index contributed by atoms with van der Waals surface area (Å²) in [6.45, 7) is 1.62. The molecule has 0 fully saturated rings. The fourth-order valence-electron chi connectivity index (χ4n) is 1.62. The summed E-state index contributed by atoms with van der Waals surface area (Å²) in [5, 5.41) is 0.293. The highest BCUT2D eigenvalue weighted by molar-refractivity contribution is 6.04. The molecule has 0 atom stereocenters. The number of aromatic amines is 1. The first-order chi connectivity index (χ1) is 7.15. The van der Waals surface area contributed by atoms with Gasteiger partial charge in [0.15, 0.2) is 5.82 Å². The van der Waals surface area contributed by atoms with E-state index in [1.54, 1.807) is 25.1 Å². The predicted molar refractivity (Wildman–Crippen MR) is 54.3 cm³/mol. The molecule has 0 spiro atoms. The van der Waals surface area contributed by atoms with Crippen LogP contribution < -0.4 is 0 Å². The van der Waals surface area contributed by atoms with Crippen LogP contribution in [-0.2, 0) is 4.74 Å². The fourth-order valence-corrected chi connectivity index (χ4v) is 1.62. The van der Waals surface area contributed by atoms with Crippen LogP contribution in [0.1, 0.15) is 16.1 Å². The van der Waals surface area contributed by atoms with Crippen LogP contribution in [0.4, 0.5) is 4.39 Å². The smallest absolute Gasteiger partial charge is 0.338 e. The molecule has 0 unspecified atom stereocenters. The number of esters is 1. The standard InChI is InChI=1S/C11H10FNO2/c1-6-10(12)9-7(11(14)15-2)4-3-5-8(9)13-6/h3-5,13H,1-2H3. The molecule has 78 valence electrons. The first kappa shape index (κ1) is 9.71. The number of methoxy groups -OCH3 is 1. The van der Waals surface area contributed by atoms with Crippen LogP contribution in [0.25, 0.3) is 10.9 Å². The van der Waals surface area contributed by atoms with Crippen molar-refractivity contribution in [3.63, 3.8) is 0 Å². The molecule has 1 aromatic heterocycles. The van der Waals surface area contributed by atoms with Gasteiger partial charge < -0.3 is 9.72 Å². The number of rotatable bonds is 1. The summed E-state index contributed by atoms with van der Waals surface area (Å²) >= 11 is 0. The summed E-state index contributed by atoms with van der Waals surface area (Å²) in [4.78, 5) is 14.2. The van der Waals surface area contributed by atoms with E-state index in [9.17, 15) is 9.18 Å². The molecule has 0 radical (unpaired) electrons. The zero-order chi connectivity index (χ0) is 11.0. The highest BCUT2D eigenvalue weighted by Gasteiger charge is 2.16. The Morgan fingerprint density at radius 3 is 2.87 bits per heavy atom. The number of halogens is 1. The van der Waals surface area contributed by atoms with Crippen molar-refractivity contribution in [2.45, 2.75) is 6.92 Å². The minimum absolute atomic E-state index is 0.247. The van der Waals surface area contributed by atoms with E-state index in [0.717, 1.165) is 0 Å². The number of hydrogen-bond donors (Lipinski definition) is 1. The van der Waals surface area contributed by atoms with Gasteiger partial charge in [-0.15, -0.1) is 0 Å². The molecule has 2 rings (SSSR count). The molecule has 2 aromatic rings. The monoisotopic (exact) mass is 207 g/mol. The molecule has 15 heavy (non-hydrogen) atoms. The average Bonchev–Trinajstić information content (AvgIpc) is 2.54. The number of hydrogen-bond acceptors (Lipinski definition) is 2. The summed E-state index contributed by atoms with van der Waals surface area (Å²) in [6, 6.07) is 4.95. The maximum atomic E-state index is 13.7. The zero-order valence-corrected chi connectivity index (χ0v) is 8.43. The van der Waals surface area contributed by atoms with Crippen molar-refractivity contribution in [2.75, 3.05) is 7.11 Å². The van der Waals surface area contributed by atoms with Crippen molar-refractivity contribution in [1.29, 1.82) is 0 Å². The SMILES string of the molecule is COC(=O)c1cccc2[nH]c(C)c(F)c12. The minimum Gasteiger partial charge on any atom is -0.465 e. The van der Waals surface area contributed by atoms with E-state index >= 15 is 0 Å². The molecule has 1 heterocycles. The van der Waals surface area contributed by atoms with Crippen molar-refractivity contribution < 1.29 is 13.9 Å². The van der Waals surface area contributed by atoms with Crippen molar-refractivity contribution >= 4 is 16.9 Å². The van der Waals surface area contributed by atoms with Gasteiger partial charge in [0.2, 0.25) is 0 Å². The van der Waals surface area contributed by atoms with Crippen LogP contribution in [-0.4, -0.2) is 18.1 Å². The second-order valence-electron chi connectivity index (χ2n) is 3.28. The van der Waals surface area contributed by atoms with Crippen LogP contribution in [0.2, 0.25) is 0 Å². The van der Waals surface area contributed by atoms with Gasteiger partial charge in [0, 0.05) is 11.2 Å². The lowest BCUT2D eigenvalue weighted by molar-refractivity contribution is 0.0602. The van der Waals surface area contributed by atoms with Gasteiger partial charge in [0.1, 0.15) is 0 Å². The molecule has 4 heteroatoms. The fraction of sp³-hybridized carbons (Fsp3) is 0.182. The molecule has 0 bridgehead atoms. The molecule has 0 amide bonds. The molecule has 3 nitrogen and oxygen atoms in total. The molecule has 1 N–H and O–H groups in total. The third kappa shape index (κ3) is 1.38. The molecule has 0 saturated carbocycles. The number of carbonyl (C=O) groups excluding carboxylic acids is 1. The number of aromatic nitrogens is 1.